The number of carbonyl (C=O) groups excluding carboxylic acids is 1. The molecule has 1 fully saturated rings. The van der Waals surface area contributed by atoms with E-state index in [4.69, 9.17) is 9.15 Å². The van der Waals surface area contributed by atoms with Crippen LogP contribution in [0.3, 0.4) is 0 Å². The highest BCUT2D eigenvalue weighted by Gasteiger charge is 2.27. The van der Waals surface area contributed by atoms with Crippen molar-refractivity contribution in [2.45, 2.75) is 51.0 Å². The summed E-state index contributed by atoms with van der Waals surface area (Å²) in [7, 11) is -3.72. The van der Waals surface area contributed by atoms with Gasteiger partial charge in [-0.05, 0) is 51.8 Å². The predicted octanol–water partition coefficient (Wildman–Crippen LogP) is 3.28. The second-order valence-electron chi connectivity index (χ2n) is 7.50. The Hall–Kier alpha value is -2.65. The fraction of sp³-hybridized carbons (Fsp3) is 0.429. The van der Waals surface area contributed by atoms with Crippen molar-refractivity contribution in [2.24, 2.45) is 0 Å². The van der Waals surface area contributed by atoms with Crippen LogP contribution in [0, 0.1) is 13.8 Å². The summed E-state index contributed by atoms with van der Waals surface area (Å²) in [6.07, 6.45) is 4.64. The Morgan fingerprint density at radius 3 is 2.80 bits per heavy atom. The van der Waals surface area contributed by atoms with Gasteiger partial charge in [0.05, 0.1) is 11.5 Å². The molecule has 9 heteroatoms. The van der Waals surface area contributed by atoms with Crippen molar-refractivity contribution in [3.63, 3.8) is 0 Å². The van der Waals surface area contributed by atoms with Gasteiger partial charge in [0.1, 0.15) is 11.4 Å². The van der Waals surface area contributed by atoms with E-state index in [0.29, 0.717) is 29.0 Å². The molecule has 3 aromatic rings. The Bertz CT molecular complexity index is 1200. The molecule has 8 nitrogen and oxygen atoms in total. The number of furan rings is 1. The van der Waals surface area contributed by atoms with Gasteiger partial charge >= 0.3 is 5.97 Å². The minimum Gasteiger partial charge on any atom is -0.460 e. The van der Waals surface area contributed by atoms with Gasteiger partial charge in [0.2, 0.25) is 15.8 Å². The van der Waals surface area contributed by atoms with Crippen molar-refractivity contribution < 1.29 is 22.4 Å². The van der Waals surface area contributed by atoms with E-state index in [9.17, 15) is 13.2 Å². The molecule has 0 bridgehead atoms. The van der Waals surface area contributed by atoms with Crippen molar-refractivity contribution in [1.82, 2.24) is 14.3 Å². The van der Waals surface area contributed by atoms with Gasteiger partial charge in [0.15, 0.2) is 0 Å². The fourth-order valence-electron chi connectivity index (χ4n) is 3.65. The van der Waals surface area contributed by atoms with Crippen LogP contribution in [-0.4, -0.2) is 37.1 Å². The quantitative estimate of drug-likeness (QED) is 0.549. The summed E-state index contributed by atoms with van der Waals surface area (Å²) in [5.41, 5.74) is 2.10. The Kier molecular flexibility index (Phi) is 5.42. The van der Waals surface area contributed by atoms with Gasteiger partial charge in [-0.3, -0.25) is 0 Å². The number of rotatable bonds is 8. The molecule has 1 aromatic carbocycles. The van der Waals surface area contributed by atoms with E-state index in [1.807, 2.05) is 13.1 Å². The molecule has 0 atom stereocenters. The number of imidazole rings is 1. The molecule has 0 unspecified atom stereocenters. The van der Waals surface area contributed by atoms with Crippen LogP contribution in [-0.2, 0) is 21.2 Å². The summed E-state index contributed by atoms with van der Waals surface area (Å²) >= 11 is 0. The van der Waals surface area contributed by atoms with E-state index in [-0.39, 0.29) is 23.8 Å². The smallest absolute Gasteiger partial charge is 0.374 e. The van der Waals surface area contributed by atoms with Crippen LogP contribution in [0.25, 0.3) is 11.0 Å². The first kappa shape index (κ1) is 20.6. The topological polar surface area (TPSA) is 103 Å². The molecule has 4 rings (SSSR count). The van der Waals surface area contributed by atoms with Crippen molar-refractivity contribution in [3.8, 4) is 0 Å². The van der Waals surface area contributed by atoms with Crippen LogP contribution in [0.2, 0.25) is 0 Å². The van der Waals surface area contributed by atoms with Crippen LogP contribution in [0.4, 0.5) is 0 Å². The zero-order chi connectivity index (χ0) is 21.5. The average Bonchev–Trinajstić information content (AvgIpc) is 3.40. The van der Waals surface area contributed by atoms with Crippen LogP contribution < -0.4 is 4.72 Å². The number of benzene rings is 1. The monoisotopic (exact) mass is 431 g/mol. The lowest BCUT2D eigenvalue weighted by atomic mass is 10.1. The molecule has 30 heavy (non-hydrogen) atoms. The van der Waals surface area contributed by atoms with Crippen molar-refractivity contribution in [3.05, 3.63) is 47.2 Å². The Balaban J connectivity index is 1.51. The lowest BCUT2D eigenvalue weighted by molar-refractivity contribution is 0.0491. The molecule has 1 saturated carbocycles. The summed E-state index contributed by atoms with van der Waals surface area (Å²) in [6, 6.07) is 5.05. The molecule has 0 saturated heterocycles. The Morgan fingerprint density at radius 1 is 1.33 bits per heavy atom. The maximum absolute atomic E-state index is 12.8. The van der Waals surface area contributed by atoms with Crippen molar-refractivity contribution in [1.29, 1.82) is 0 Å². The lowest BCUT2D eigenvalue weighted by Gasteiger charge is -2.10. The molecule has 2 heterocycles. The first-order valence-corrected chi connectivity index (χ1v) is 11.5. The van der Waals surface area contributed by atoms with Gasteiger partial charge in [0.25, 0.3) is 0 Å². The number of ether oxygens (including phenoxy) is 1. The number of fused-ring (bicyclic) bond motifs is 1. The standard InChI is InChI=1S/C21H25N3O5S/c1-4-28-21(25)20-14(3)17-11-16(7-8-18(17)29-20)30(26,27)23-10-9-19-22-12-13(2)24(19)15-5-6-15/h7-8,11-12,15,23H,4-6,9-10H2,1-3H3. The van der Waals surface area contributed by atoms with Gasteiger partial charge in [-0.1, -0.05) is 0 Å². The van der Waals surface area contributed by atoms with Crippen molar-refractivity contribution >= 4 is 27.0 Å². The van der Waals surface area contributed by atoms with E-state index in [2.05, 4.69) is 14.3 Å². The zero-order valence-corrected chi connectivity index (χ0v) is 18.1. The second kappa shape index (κ2) is 7.88. The Labute approximate surface area is 175 Å². The highest BCUT2D eigenvalue weighted by molar-refractivity contribution is 7.89. The lowest BCUT2D eigenvalue weighted by Crippen LogP contribution is -2.26. The third kappa shape index (κ3) is 3.87. The van der Waals surface area contributed by atoms with Gasteiger partial charge in [-0.2, -0.15) is 0 Å². The number of hydrogen-bond donors (Lipinski definition) is 1. The molecule has 0 radical (unpaired) electrons. The van der Waals surface area contributed by atoms with E-state index in [1.54, 1.807) is 19.9 Å². The molecule has 0 spiro atoms. The third-order valence-corrected chi connectivity index (χ3v) is 6.75. The highest BCUT2D eigenvalue weighted by atomic mass is 32.2. The second-order valence-corrected chi connectivity index (χ2v) is 9.27. The summed E-state index contributed by atoms with van der Waals surface area (Å²) in [6.45, 7) is 5.93. The number of sulfonamides is 1. The number of aromatic nitrogens is 2. The van der Waals surface area contributed by atoms with Crippen LogP contribution >= 0.6 is 0 Å². The SMILES string of the molecule is CCOC(=O)c1oc2ccc(S(=O)(=O)NCCc3ncc(C)n3C3CC3)cc2c1C. The van der Waals surface area contributed by atoms with Gasteiger partial charge in [0, 0.05) is 41.8 Å². The third-order valence-electron chi connectivity index (χ3n) is 5.29. The molecular formula is C21H25N3O5S. The molecule has 1 aliphatic carbocycles. The highest BCUT2D eigenvalue weighted by Crippen LogP contribution is 2.37. The predicted molar refractivity (Wildman–Crippen MR) is 111 cm³/mol. The zero-order valence-electron chi connectivity index (χ0n) is 17.3. The first-order chi connectivity index (χ1) is 14.3. The minimum atomic E-state index is -3.72. The number of esters is 1. The van der Waals surface area contributed by atoms with Gasteiger partial charge in [-0.15, -0.1) is 0 Å². The summed E-state index contributed by atoms with van der Waals surface area (Å²) < 4.78 is 41.0. The molecule has 160 valence electrons. The van der Waals surface area contributed by atoms with E-state index in [1.165, 1.54) is 12.1 Å². The number of nitrogens with zero attached hydrogens (tertiary/aromatic N) is 2. The fourth-order valence-corrected chi connectivity index (χ4v) is 4.71. The molecule has 2 aromatic heterocycles. The number of nitrogens with one attached hydrogen (secondary N) is 1. The van der Waals surface area contributed by atoms with Gasteiger partial charge in [-0.25, -0.2) is 22.9 Å². The minimum absolute atomic E-state index is 0.0941. The molecule has 1 N–H and O–H groups in total. The molecular weight excluding hydrogens is 406 g/mol. The van der Waals surface area contributed by atoms with E-state index < -0.39 is 16.0 Å². The van der Waals surface area contributed by atoms with Crippen molar-refractivity contribution in [2.75, 3.05) is 13.2 Å². The van der Waals surface area contributed by atoms with Crippen LogP contribution in [0.5, 0.6) is 0 Å². The van der Waals surface area contributed by atoms with Crippen LogP contribution in [0.1, 0.15) is 53.4 Å². The van der Waals surface area contributed by atoms with Crippen LogP contribution in [0.15, 0.2) is 33.7 Å². The van der Waals surface area contributed by atoms with E-state index in [0.717, 1.165) is 24.4 Å². The first-order valence-electron chi connectivity index (χ1n) is 10.0. The molecule has 1 aliphatic rings. The normalized spacial score (nSPS) is 14.4. The maximum atomic E-state index is 12.8. The summed E-state index contributed by atoms with van der Waals surface area (Å²) in [5, 5.41) is 0.570. The number of hydrogen-bond acceptors (Lipinski definition) is 6. The summed E-state index contributed by atoms with van der Waals surface area (Å²) in [5.74, 6) is 0.435. The number of carbonyl (C=O) groups is 1. The number of aryl methyl sites for hydroxylation is 2. The maximum Gasteiger partial charge on any atom is 0.374 e. The Morgan fingerprint density at radius 2 is 2.10 bits per heavy atom. The van der Waals surface area contributed by atoms with E-state index >= 15 is 0 Å². The average molecular weight is 432 g/mol. The molecule has 0 aliphatic heterocycles. The molecule has 0 amide bonds. The largest absolute Gasteiger partial charge is 0.460 e. The van der Waals surface area contributed by atoms with Gasteiger partial charge < -0.3 is 13.7 Å². The summed E-state index contributed by atoms with van der Waals surface area (Å²) in [4.78, 5) is 16.6.